The van der Waals surface area contributed by atoms with Crippen LogP contribution < -0.4 is 0 Å². The second-order valence-corrected chi connectivity index (χ2v) is 7.73. The molecule has 140 valence electrons. The fourth-order valence-corrected chi connectivity index (χ4v) is 3.82. The summed E-state index contributed by atoms with van der Waals surface area (Å²) in [5.41, 5.74) is -0.00319. The molecule has 9 heteroatoms. The van der Waals surface area contributed by atoms with Crippen LogP contribution in [0.5, 0.6) is 0 Å². The zero-order valence-electron chi connectivity index (χ0n) is 14.0. The summed E-state index contributed by atoms with van der Waals surface area (Å²) in [7, 11) is 2.06. The first-order valence-electron chi connectivity index (χ1n) is 8.10. The normalized spacial score (nSPS) is 16.0. The summed E-state index contributed by atoms with van der Waals surface area (Å²) < 4.78 is 5.43. The lowest BCUT2D eigenvalue weighted by Crippen LogP contribution is -2.46. The van der Waals surface area contributed by atoms with Gasteiger partial charge in [-0.2, -0.15) is 0 Å². The fraction of sp³-hybridized carbons (Fsp3) is 0.412. The number of hydrogen-bond donors (Lipinski definition) is 0. The lowest BCUT2D eigenvalue weighted by Gasteiger charge is -2.37. The lowest BCUT2D eigenvalue weighted by molar-refractivity contribution is 0.0545. The molecule has 0 aliphatic carbocycles. The van der Waals surface area contributed by atoms with Crippen LogP contribution in [0.3, 0.4) is 0 Å². The van der Waals surface area contributed by atoms with E-state index in [4.69, 9.17) is 50.8 Å². The monoisotopic (exact) mass is 435 g/mol. The number of likely N-dealkylation sites (tertiary alicyclic amines) is 1. The van der Waals surface area contributed by atoms with E-state index in [1.165, 1.54) is 0 Å². The molecule has 2 aromatic heterocycles. The molecule has 0 spiro atoms. The largest absolute Gasteiger partial charge is 0.467 e. The minimum Gasteiger partial charge on any atom is -0.467 e. The van der Waals surface area contributed by atoms with Crippen molar-refractivity contribution in [3.8, 4) is 0 Å². The third-order valence-corrected chi connectivity index (χ3v) is 6.16. The highest BCUT2D eigenvalue weighted by molar-refractivity contribution is 6.52. The molecule has 1 aliphatic rings. The number of piperidine rings is 1. The van der Waals surface area contributed by atoms with Gasteiger partial charge in [0.1, 0.15) is 16.6 Å². The summed E-state index contributed by atoms with van der Waals surface area (Å²) in [6.07, 6.45) is 3.26. The van der Waals surface area contributed by atoms with Crippen LogP contribution in [0, 0.1) is 0 Å². The van der Waals surface area contributed by atoms with Crippen LogP contribution in [-0.2, 0) is 6.54 Å². The summed E-state index contributed by atoms with van der Waals surface area (Å²) in [6.45, 7) is 2.11. The van der Waals surface area contributed by atoms with Crippen LogP contribution in [0.4, 0.5) is 0 Å². The molecule has 1 amide bonds. The third-order valence-electron chi connectivity index (χ3n) is 4.48. The highest BCUT2D eigenvalue weighted by Crippen LogP contribution is 2.37. The number of aromatic nitrogens is 1. The molecule has 1 fully saturated rings. The maximum absolute atomic E-state index is 13.3. The Morgan fingerprint density at radius 3 is 2.54 bits per heavy atom. The predicted octanol–water partition coefficient (Wildman–Crippen LogP) is 5.02. The number of hydrogen-bond acceptors (Lipinski definition) is 4. The smallest absolute Gasteiger partial charge is 0.274 e. The number of rotatable bonds is 4. The number of amides is 1. The van der Waals surface area contributed by atoms with E-state index in [1.807, 2.05) is 6.07 Å². The van der Waals surface area contributed by atoms with Gasteiger partial charge < -0.3 is 14.2 Å². The van der Waals surface area contributed by atoms with Gasteiger partial charge in [-0.25, -0.2) is 4.98 Å². The van der Waals surface area contributed by atoms with Crippen LogP contribution in [0.1, 0.15) is 29.1 Å². The second-order valence-electron chi connectivity index (χ2n) is 6.24. The van der Waals surface area contributed by atoms with Gasteiger partial charge in [0, 0.05) is 6.04 Å². The van der Waals surface area contributed by atoms with Crippen molar-refractivity contribution in [3.05, 3.63) is 50.1 Å². The van der Waals surface area contributed by atoms with E-state index in [9.17, 15) is 4.79 Å². The highest BCUT2D eigenvalue weighted by Gasteiger charge is 2.31. The molecule has 0 aromatic carbocycles. The van der Waals surface area contributed by atoms with Crippen LogP contribution in [-0.4, -0.2) is 46.9 Å². The molecular weight excluding hydrogens is 420 g/mol. The van der Waals surface area contributed by atoms with E-state index in [0.717, 1.165) is 25.9 Å². The molecule has 0 radical (unpaired) electrons. The van der Waals surface area contributed by atoms with Crippen molar-refractivity contribution >= 4 is 52.3 Å². The van der Waals surface area contributed by atoms with E-state index >= 15 is 0 Å². The quantitative estimate of drug-likeness (QED) is 0.631. The first-order valence-corrected chi connectivity index (χ1v) is 9.61. The summed E-state index contributed by atoms with van der Waals surface area (Å²) in [5.74, 6) is 0.334. The molecule has 3 heterocycles. The van der Waals surface area contributed by atoms with E-state index < -0.39 is 0 Å². The van der Waals surface area contributed by atoms with Gasteiger partial charge in [-0.15, -0.1) is 0 Å². The number of furan rings is 1. The third kappa shape index (κ3) is 4.12. The Hall–Kier alpha value is -0.980. The average Bonchev–Trinajstić information content (AvgIpc) is 3.14. The van der Waals surface area contributed by atoms with Gasteiger partial charge in [-0.1, -0.05) is 46.4 Å². The summed E-state index contributed by atoms with van der Waals surface area (Å²) >= 11 is 24.3. The van der Waals surface area contributed by atoms with Gasteiger partial charge in [0.2, 0.25) is 0 Å². The standard InChI is InChI=1S/C17H17Cl4N3O2/c1-23-6-4-10(5-7-23)24(9-11-3-2-8-26-11)17(25)15-13(19)12(18)14(20)16(21)22-15/h2-3,8,10H,4-7,9H2,1H3. The molecular formula is C17H17Cl4N3O2. The molecule has 0 bridgehead atoms. The first-order chi connectivity index (χ1) is 12.4. The Morgan fingerprint density at radius 1 is 1.23 bits per heavy atom. The molecule has 5 nitrogen and oxygen atoms in total. The fourth-order valence-electron chi connectivity index (χ4n) is 3.01. The molecule has 2 aromatic rings. The number of pyridine rings is 1. The van der Waals surface area contributed by atoms with E-state index in [0.29, 0.717) is 12.3 Å². The Morgan fingerprint density at radius 2 is 1.92 bits per heavy atom. The van der Waals surface area contributed by atoms with Crippen molar-refractivity contribution in [2.75, 3.05) is 20.1 Å². The van der Waals surface area contributed by atoms with Crippen LogP contribution in [0.25, 0.3) is 0 Å². The number of carbonyl (C=O) groups is 1. The average molecular weight is 437 g/mol. The predicted molar refractivity (Wildman–Crippen MR) is 103 cm³/mol. The Bertz CT molecular complexity index is 790. The molecule has 0 saturated carbocycles. The second kappa shape index (κ2) is 8.36. The Kier molecular flexibility index (Phi) is 6.36. The van der Waals surface area contributed by atoms with Gasteiger partial charge in [0.25, 0.3) is 5.91 Å². The molecule has 0 N–H and O–H groups in total. The van der Waals surface area contributed by atoms with E-state index in [2.05, 4.69) is 16.9 Å². The minimum absolute atomic E-state index is 0.00318. The van der Waals surface area contributed by atoms with Crippen molar-refractivity contribution in [1.29, 1.82) is 0 Å². The summed E-state index contributed by atoms with van der Waals surface area (Å²) in [4.78, 5) is 21.3. The zero-order valence-corrected chi connectivity index (χ0v) is 17.0. The molecule has 1 saturated heterocycles. The van der Waals surface area contributed by atoms with Gasteiger partial charge in [0.15, 0.2) is 0 Å². The van der Waals surface area contributed by atoms with Gasteiger partial charge in [-0.05, 0) is 45.1 Å². The van der Waals surface area contributed by atoms with E-state index in [1.54, 1.807) is 17.2 Å². The van der Waals surface area contributed by atoms with Crippen molar-refractivity contribution in [2.45, 2.75) is 25.4 Å². The first kappa shape index (κ1) is 19.8. The van der Waals surface area contributed by atoms with Crippen LogP contribution >= 0.6 is 46.4 Å². The van der Waals surface area contributed by atoms with Crippen molar-refractivity contribution < 1.29 is 9.21 Å². The minimum atomic E-state index is -0.346. The lowest BCUT2D eigenvalue weighted by atomic mass is 10.0. The Balaban J connectivity index is 1.94. The molecule has 3 rings (SSSR count). The topological polar surface area (TPSA) is 49.6 Å². The molecule has 0 unspecified atom stereocenters. The van der Waals surface area contributed by atoms with Crippen molar-refractivity contribution in [2.24, 2.45) is 0 Å². The number of nitrogens with zero attached hydrogens (tertiary/aromatic N) is 3. The van der Waals surface area contributed by atoms with Crippen molar-refractivity contribution in [3.63, 3.8) is 0 Å². The zero-order chi connectivity index (χ0) is 18.8. The summed E-state index contributed by atoms with van der Waals surface area (Å²) in [6, 6.07) is 3.65. The highest BCUT2D eigenvalue weighted by atomic mass is 35.5. The maximum Gasteiger partial charge on any atom is 0.274 e. The van der Waals surface area contributed by atoms with Crippen LogP contribution in [0.2, 0.25) is 20.2 Å². The van der Waals surface area contributed by atoms with Gasteiger partial charge >= 0.3 is 0 Å². The van der Waals surface area contributed by atoms with Crippen LogP contribution in [0.15, 0.2) is 22.8 Å². The number of halogens is 4. The maximum atomic E-state index is 13.3. The Labute approximate surface area is 171 Å². The molecule has 0 atom stereocenters. The summed E-state index contributed by atoms with van der Waals surface area (Å²) in [5, 5.41) is 0.0129. The molecule has 26 heavy (non-hydrogen) atoms. The number of carbonyl (C=O) groups excluding carboxylic acids is 1. The molecule has 1 aliphatic heterocycles. The van der Waals surface area contributed by atoms with Gasteiger partial charge in [0.05, 0.1) is 27.9 Å². The van der Waals surface area contributed by atoms with Gasteiger partial charge in [-0.3, -0.25) is 4.79 Å². The van der Waals surface area contributed by atoms with Crippen molar-refractivity contribution in [1.82, 2.24) is 14.8 Å². The van der Waals surface area contributed by atoms with E-state index in [-0.39, 0.29) is 37.9 Å². The SMILES string of the molecule is CN1CCC(N(Cc2ccco2)C(=O)c2nc(Cl)c(Cl)c(Cl)c2Cl)CC1.